The Hall–Kier alpha value is -2.11. The van der Waals surface area contributed by atoms with E-state index in [0.29, 0.717) is 18.7 Å². The lowest BCUT2D eigenvalue weighted by atomic mass is 10.2. The predicted molar refractivity (Wildman–Crippen MR) is 65.3 cm³/mol. The summed E-state index contributed by atoms with van der Waals surface area (Å²) in [5.41, 5.74) is 5.91. The Morgan fingerprint density at radius 1 is 1.50 bits per heavy atom. The number of benzene rings is 1. The van der Waals surface area contributed by atoms with Gasteiger partial charge in [0, 0.05) is 18.7 Å². The number of halogens is 1. The summed E-state index contributed by atoms with van der Waals surface area (Å²) in [5, 5.41) is 2.41. The van der Waals surface area contributed by atoms with E-state index in [1.165, 1.54) is 23.1 Å². The summed E-state index contributed by atoms with van der Waals surface area (Å²) < 4.78 is 13.4. The third kappa shape index (κ3) is 2.77. The number of anilines is 2. The molecule has 0 bridgehead atoms. The Kier molecular flexibility index (Phi) is 3.45. The number of nitrogen functional groups attached to an aromatic ring is 1. The number of hydrogen-bond donors (Lipinski definition) is 2. The van der Waals surface area contributed by atoms with Crippen LogP contribution in [0.4, 0.5) is 15.8 Å². The summed E-state index contributed by atoms with van der Waals surface area (Å²) in [7, 11) is 0. The molecule has 0 aromatic heterocycles. The van der Waals surface area contributed by atoms with Crippen molar-refractivity contribution in [1.29, 1.82) is 0 Å². The molecule has 1 aromatic rings. The van der Waals surface area contributed by atoms with Crippen LogP contribution in [0, 0.1) is 5.82 Å². The second kappa shape index (κ2) is 5.03. The van der Waals surface area contributed by atoms with E-state index in [4.69, 9.17) is 5.73 Å². The lowest BCUT2D eigenvalue weighted by Gasteiger charge is -2.15. The molecule has 3 N–H and O–H groups in total. The maximum atomic E-state index is 13.4. The van der Waals surface area contributed by atoms with E-state index < -0.39 is 11.7 Å². The Balaban J connectivity index is 1.98. The fraction of sp³-hybridized carbons (Fsp3) is 0.333. The largest absolute Gasteiger partial charge is 0.399 e. The molecule has 1 aliphatic rings. The highest BCUT2D eigenvalue weighted by Crippen LogP contribution is 2.17. The number of carbonyl (C=O) groups is 2. The first-order chi connectivity index (χ1) is 8.56. The molecule has 1 fully saturated rings. The first-order valence-corrected chi connectivity index (χ1v) is 5.69. The molecule has 18 heavy (non-hydrogen) atoms. The molecule has 0 atom stereocenters. The quantitative estimate of drug-likeness (QED) is 0.786. The van der Waals surface area contributed by atoms with E-state index in [9.17, 15) is 14.0 Å². The standard InChI is InChI=1S/C12H14FN3O2/c13-9-4-3-8(14)6-10(9)15-11(17)7-16-5-1-2-12(16)18/h3-4,6H,1-2,5,7,14H2,(H,15,17). The van der Waals surface area contributed by atoms with Crippen LogP contribution < -0.4 is 11.1 Å². The highest BCUT2D eigenvalue weighted by atomic mass is 19.1. The minimum Gasteiger partial charge on any atom is -0.399 e. The van der Waals surface area contributed by atoms with E-state index in [1.807, 2.05) is 0 Å². The van der Waals surface area contributed by atoms with Crippen molar-refractivity contribution in [2.75, 3.05) is 24.1 Å². The van der Waals surface area contributed by atoms with Crippen LogP contribution in [0.2, 0.25) is 0 Å². The lowest BCUT2D eigenvalue weighted by molar-refractivity contribution is -0.131. The average molecular weight is 251 g/mol. The van der Waals surface area contributed by atoms with Crippen LogP contribution in [0.5, 0.6) is 0 Å². The predicted octanol–water partition coefficient (Wildman–Crippen LogP) is 0.969. The van der Waals surface area contributed by atoms with Crippen LogP contribution in [-0.2, 0) is 9.59 Å². The van der Waals surface area contributed by atoms with Gasteiger partial charge in [-0.2, -0.15) is 0 Å². The summed E-state index contributed by atoms with van der Waals surface area (Å²) >= 11 is 0. The third-order valence-corrected chi connectivity index (χ3v) is 2.77. The van der Waals surface area contributed by atoms with Gasteiger partial charge in [0.15, 0.2) is 0 Å². The van der Waals surface area contributed by atoms with Crippen LogP contribution in [0.25, 0.3) is 0 Å². The van der Waals surface area contributed by atoms with Crippen molar-refractivity contribution in [2.24, 2.45) is 0 Å². The van der Waals surface area contributed by atoms with E-state index in [0.717, 1.165) is 6.42 Å². The topological polar surface area (TPSA) is 75.4 Å². The Labute approximate surface area is 104 Å². The van der Waals surface area contributed by atoms with Gasteiger partial charge in [-0.25, -0.2) is 4.39 Å². The van der Waals surface area contributed by atoms with Crippen molar-refractivity contribution in [2.45, 2.75) is 12.8 Å². The fourth-order valence-electron chi connectivity index (χ4n) is 1.87. The molecular formula is C12H14FN3O2. The van der Waals surface area contributed by atoms with Crippen molar-refractivity contribution < 1.29 is 14.0 Å². The fourth-order valence-corrected chi connectivity index (χ4v) is 1.87. The summed E-state index contributed by atoms with van der Waals surface area (Å²) in [6, 6.07) is 3.94. The average Bonchev–Trinajstić information content (AvgIpc) is 2.70. The Morgan fingerprint density at radius 2 is 2.28 bits per heavy atom. The molecule has 0 unspecified atom stereocenters. The van der Waals surface area contributed by atoms with Crippen molar-refractivity contribution in [3.05, 3.63) is 24.0 Å². The molecule has 0 spiro atoms. The molecule has 2 amide bonds. The maximum absolute atomic E-state index is 13.4. The van der Waals surface area contributed by atoms with Gasteiger partial charge in [-0.15, -0.1) is 0 Å². The van der Waals surface area contributed by atoms with Crippen LogP contribution in [0.15, 0.2) is 18.2 Å². The smallest absolute Gasteiger partial charge is 0.244 e. The molecule has 1 aliphatic heterocycles. The monoisotopic (exact) mass is 251 g/mol. The second-order valence-electron chi connectivity index (χ2n) is 4.21. The minimum absolute atomic E-state index is 0.0339. The molecule has 96 valence electrons. The number of rotatable bonds is 3. The zero-order chi connectivity index (χ0) is 13.1. The first-order valence-electron chi connectivity index (χ1n) is 5.69. The van der Waals surface area contributed by atoms with Gasteiger partial charge in [0.25, 0.3) is 0 Å². The van der Waals surface area contributed by atoms with E-state index >= 15 is 0 Å². The van der Waals surface area contributed by atoms with Crippen molar-refractivity contribution in [1.82, 2.24) is 4.90 Å². The minimum atomic E-state index is -0.551. The maximum Gasteiger partial charge on any atom is 0.244 e. The van der Waals surface area contributed by atoms with Crippen LogP contribution in [-0.4, -0.2) is 29.8 Å². The van der Waals surface area contributed by atoms with Gasteiger partial charge in [-0.05, 0) is 24.6 Å². The normalized spacial score (nSPS) is 14.9. The molecule has 0 radical (unpaired) electrons. The summed E-state index contributed by atoms with van der Waals surface area (Å²) in [6.45, 7) is 0.527. The van der Waals surface area contributed by atoms with Crippen molar-refractivity contribution in [3.63, 3.8) is 0 Å². The van der Waals surface area contributed by atoms with Crippen LogP contribution in [0.1, 0.15) is 12.8 Å². The van der Waals surface area contributed by atoms with Gasteiger partial charge < -0.3 is 16.0 Å². The lowest BCUT2D eigenvalue weighted by Crippen LogP contribution is -2.34. The number of nitrogens with zero attached hydrogens (tertiary/aromatic N) is 1. The number of nitrogens with one attached hydrogen (secondary N) is 1. The number of hydrogen-bond acceptors (Lipinski definition) is 3. The van der Waals surface area contributed by atoms with Gasteiger partial charge in [0.2, 0.25) is 11.8 Å². The molecule has 5 nitrogen and oxygen atoms in total. The summed E-state index contributed by atoms with van der Waals surface area (Å²) in [5.74, 6) is -1.02. The van der Waals surface area contributed by atoms with Crippen molar-refractivity contribution >= 4 is 23.2 Å². The molecule has 2 rings (SSSR count). The zero-order valence-electron chi connectivity index (χ0n) is 9.78. The van der Waals surface area contributed by atoms with Crippen LogP contribution >= 0.6 is 0 Å². The summed E-state index contributed by atoms with van der Waals surface area (Å²) in [4.78, 5) is 24.5. The zero-order valence-corrected chi connectivity index (χ0v) is 9.78. The number of amides is 2. The molecular weight excluding hydrogens is 237 g/mol. The Bertz CT molecular complexity index is 490. The van der Waals surface area contributed by atoms with Gasteiger partial charge in [0.05, 0.1) is 12.2 Å². The highest BCUT2D eigenvalue weighted by molar-refractivity contribution is 5.95. The second-order valence-corrected chi connectivity index (χ2v) is 4.21. The van der Waals surface area contributed by atoms with Gasteiger partial charge in [0.1, 0.15) is 5.82 Å². The number of likely N-dealkylation sites (tertiary alicyclic amines) is 1. The molecule has 1 saturated heterocycles. The van der Waals surface area contributed by atoms with Gasteiger partial charge >= 0.3 is 0 Å². The number of nitrogens with two attached hydrogens (primary N) is 1. The van der Waals surface area contributed by atoms with Crippen molar-refractivity contribution in [3.8, 4) is 0 Å². The number of carbonyl (C=O) groups excluding carboxylic acids is 2. The molecule has 0 saturated carbocycles. The highest BCUT2D eigenvalue weighted by Gasteiger charge is 2.22. The van der Waals surface area contributed by atoms with Gasteiger partial charge in [-0.3, -0.25) is 9.59 Å². The third-order valence-electron chi connectivity index (χ3n) is 2.77. The van der Waals surface area contributed by atoms with Crippen LogP contribution in [0.3, 0.4) is 0 Å². The molecule has 1 heterocycles. The molecule has 6 heteroatoms. The Morgan fingerprint density at radius 3 is 2.94 bits per heavy atom. The van der Waals surface area contributed by atoms with E-state index in [1.54, 1.807) is 0 Å². The summed E-state index contributed by atoms with van der Waals surface area (Å²) in [6.07, 6.45) is 1.23. The van der Waals surface area contributed by atoms with E-state index in [-0.39, 0.29) is 18.1 Å². The SMILES string of the molecule is Nc1ccc(F)c(NC(=O)CN2CCCC2=O)c1. The molecule has 1 aromatic carbocycles. The first kappa shape index (κ1) is 12.3. The molecule has 0 aliphatic carbocycles. The van der Waals surface area contributed by atoms with E-state index in [2.05, 4.69) is 5.32 Å². The van der Waals surface area contributed by atoms with Gasteiger partial charge in [-0.1, -0.05) is 0 Å².